The number of nitrogens with two attached hydrogens (primary N) is 1. The molecule has 0 aromatic rings. The summed E-state index contributed by atoms with van der Waals surface area (Å²) >= 11 is 0. The van der Waals surface area contributed by atoms with Crippen LogP contribution in [0.3, 0.4) is 0 Å². The van der Waals surface area contributed by atoms with E-state index in [1.54, 1.807) is 0 Å². The van der Waals surface area contributed by atoms with E-state index in [2.05, 4.69) is 20.8 Å². The van der Waals surface area contributed by atoms with Gasteiger partial charge in [0.25, 0.3) is 0 Å². The van der Waals surface area contributed by atoms with Gasteiger partial charge in [0.15, 0.2) is 0 Å². The van der Waals surface area contributed by atoms with Crippen LogP contribution in [0.15, 0.2) is 0 Å². The zero-order valence-electron chi connectivity index (χ0n) is 10.0. The van der Waals surface area contributed by atoms with Gasteiger partial charge >= 0.3 is 0 Å². The van der Waals surface area contributed by atoms with Crippen molar-refractivity contribution in [2.75, 3.05) is 0 Å². The molecular formula is C12H25NO. The summed E-state index contributed by atoms with van der Waals surface area (Å²) < 4.78 is 6.11. The molecule has 0 aliphatic heterocycles. The largest absolute Gasteiger partial charge is 0.373 e. The van der Waals surface area contributed by atoms with Gasteiger partial charge in [-0.05, 0) is 25.2 Å². The molecule has 1 aliphatic carbocycles. The second kappa shape index (κ2) is 4.63. The van der Waals surface area contributed by atoms with Gasteiger partial charge in [0, 0.05) is 6.04 Å². The molecule has 0 radical (unpaired) electrons. The van der Waals surface area contributed by atoms with Gasteiger partial charge in [0.05, 0.1) is 12.2 Å². The van der Waals surface area contributed by atoms with Crippen molar-refractivity contribution in [1.82, 2.24) is 0 Å². The molecule has 14 heavy (non-hydrogen) atoms. The lowest BCUT2D eigenvalue weighted by Gasteiger charge is -2.35. The Kier molecular flexibility index (Phi) is 3.96. The van der Waals surface area contributed by atoms with Crippen LogP contribution in [-0.4, -0.2) is 18.2 Å². The van der Waals surface area contributed by atoms with Crippen molar-refractivity contribution in [3.63, 3.8) is 0 Å². The topological polar surface area (TPSA) is 35.2 Å². The molecule has 2 atom stereocenters. The first-order valence-electron chi connectivity index (χ1n) is 5.82. The highest BCUT2D eigenvalue weighted by atomic mass is 16.5. The molecule has 0 amide bonds. The Labute approximate surface area is 88.2 Å². The Morgan fingerprint density at radius 3 is 2.07 bits per heavy atom. The van der Waals surface area contributed by atoms with Crippen LogP contribution in [0.5, 0.6) is 0 Å². The summed E-state index contributed by atoms with van der Waals surface area (Å²) in [5.74, 6) is 0. The zero-order chi connectivity index (χ0) is 10.8. The summed E-state index contributed by atoms with van der Waals surface area (Å²) in [5, 5.41) is 0. The van der Waals surface area contributed by atoms with Gasteiger partial charge in [-0.1, -0.05) is 33.6 Å². The maximum absolute atomic E-state index is 6.11. The van der Waals surface area contributed by atoms with E-state index in [1.165, 1.54) is 25.7 Å². The average Bonchev–Trinajstić information content (AvgIpc) is 2.48. The van der Waals surface area contributed by atoms with Gasteiger partial charge in [-0.2, -0.15) is 0 Å². The first-order chi connectivity index (χ1) is 6.41. The Morgan fingerprint density at radius 1 is 1.21 bits per heavy atom. The molecule has 2 N–H and O–H groups in total. The molecule has 1 aliphatic rings. The maximum atomic E-state index is 6.11. The molecule has 2 nitrogen and oxygen atoms in total. The fraction of sp³-hybridized carbons (Fsp3) is 1.00. The van der Waals surface area contributed by atoms with Crippen molar-refractivity contribution in [2.45, 2.75) is 71.6 Å². The molecule has 0 bridgehead atoms. The summed E-state index contributed by atoms with van der Waals surface area (Å²) in [6.45, 7) is 8.66. The van der Waals surface area contributed by atoms with E-state index < -0.39 is 0 Å². The molecular weight excluding hydrogens is 174 g/mol. The van der Waals surface area contributed by atoms with Crippen LogP contribution in [0.1, 0.15) is 53.4 Å². The standard InChI is InChI=1S/C12H25NO/c1-9(13)11(12(2,3)4)14-10-7-5-6-8-10/h9-11H,5-8,13H2,1-4H3. The first kappa shape index (κ1) is 12.0. The third kappa shape index (κ3) is 3.25. The monoisotopic (exact) mass is 199 g/mol. The van der Waals surface area contributed by atoms with Gasteiger partial charge in [0.1, 0.15) is 0 Å². The van der Waals surface area contributed by atoms with Crippen LogP contribution in [-0.2, 0) is 4.74 Å². The van der Waals surface area contributed by atoms with E-state index >= 15 is 0 Å². The lowest BCUT2D eigenvalue weighted by Crippen LogP contribution is -2.45. The van der Waals surface area contributed by atoms with Crippen LogP contribution < -0.4 is 5.73 Å². The molecule has 2 heteroatoms. The van der Waals surface area contributed by atoms with Gasteiger partial charge in [0.2, 0.25) is 0 Å². The Hall–Kier alpha value is -0.0800. The highest BCUT2D eigenvalue weighted by Gasteiger charge is 2.31. The van der Waals surface area contributed by atoms with Gasteiger partial charge in [-0.15, -0.1) is 0 Å². The van der Waals surface area contributed by atoms with E-state index in [1.807, 2.05) is 6.92 Å². The molecule has 0 aromatic heterocycles. The fourth-order valence-corrected chi connectivity index (χ4v) is 2.35. The van der Waals surface area contributed by atoms with Crippen molar-refractivity contribution in [3.8, 4) is 0 Å². The third-order valence-corrected chi connectivity index (χ3v) is 2.97. The third-order valence-electron chi connectivity index (χ3n) is 2.97. The van der Waals surface area contributed by atoms with Gasteiger partial charge in [-0.25, -0.2) is 0 Å². The Bertz CT molecular complexity index is 166. The SMILES string of the molecule is CC(N)C(OC1CCCC1)C(C)(C)C. The molecule has 0 heterocycles. The summed E-state index contributed by atoms with van der Waals surface area (Å²) in [4.78, 5) is 0. The average molecular weight is 199 g/mol. The zero-order valence-corrected chi connectivity index (χ0v) is 10.0. The summed E-state index contributed by atoms with van der Waals surface area (Å²) in [6.07, 6.45) is 5.73. The normalized spacial score (nSPS) is 23.8. The number of hydrogen-bond acceptors (Lipinski definition) is 2. The predicted molar refractivity (Wildman–Crippen MR) is 60.2 cm³/mol. The van der Waals surface area contributed by atoms with E-state index in [4.69, 9.17) is 10.5 Å². The Morgan fingerprint density at radius 2 is 1.71 bits per heavy atom. The van der Waals surface area contributed by atoms with Crippen LogP contribution in [0, 0.1) is 5.41 Å². The highest BCUT2D eigenvalue weighted by molar-refractivity contribution is 4.83. The number of ether oxygens (including phenoxy) is 1. The second-order valence-electron chi connectivity index (χ2n) is 5.69. The minimum Gasteiger partial charge on any atom is -0.373 e. The van der Waals surface area contributed by atoms with Crippen LogP contribution in [0.2, 0.25) is 0 Å². The fourth-order valence-electron chi connectivity index (χ4n) is 2.35. The molecule has 1 fully saturated rings. The predicted octanol–water partition coefficient (Wildman–Crippen LogP) is 2.71. The molecule has 2 unspecified atom stereocenters. The van der Waals surface area contributed by atoms with E-state index in [0.29, 0.717) is 6.10 Å². The molecule has 1 saturated carbocycles. The lowest BCUT2D eigenvalue weighted by molar-refractivity contribution is -0.0730. The number of hydrogen-bond donors (Lipinski definition) is 1. The van der Waals surface area contributed by atoms with Crippen molar-refractivity contribution in [3.05, 3.63) is 0 Å². The van der Waals surface area contributed by atoms with Gasteiger partial charge < -0.3 is 10.5 Å². The molecule has 0 spiro atoms. The quantitative estimate of drug-likeness (QED) is 0.758. The van der Waals surface area contributed by atoms with E-state index in [9.17, 15) is 0 Å². The van der Waals surface area contributed by atoms with Crippen molar-refractivity contribution in [1.29, 1.82) is 0 Å². The maximum Gasteiger partial charge on any atom is 0.0775 e. The Balaban J connectivity index is 2.50. The van der Waals surface area contributed by atoms with E-state index in [0.717, 1.165) is 0 Å². The smallest absolute Gasteiger partial charge is 0.0775 e. The second-order valence-corrected chi connectivity index (χ2v) is 5.69. The van der Waals surface area contributed by atoms with Crippen LogP contribution >= 0.6 is 0 Å². The molecule has 0 saturated heterocycles. The highest BCUT2D eigenvalue weighted by Crippen LogP contribution is 2.30. The van der Waals surface area contributed by atoms with Crippen LogP contribution in [0.4, 0.5) is 0 Å². The summed E-state index contributed by atoms with van der Waals surface area (Å²) in [5.41, 5.74) is 6.13. The molecule has 84 valence electrons. The first-order valence-corrected chi connectivity index (χ1v) is 5.82. The molecule has 0 aromatic carbocycles. The minimum absolute atomic E-state index is 0.121. The van der Waals surface area contributed by atoms with Crippen LogP contribution in [0.25, 0.3) is 0 Å². The van der Waals surface area contributed by atoms with Crippen molar-refractivity contribution in [2.24, 2.45) is 11.1 Å². The van der Waals surface area contributed by atoms with E-state index in [-0.39, 0.29) is 17.6 Å². The summed E-state index contributed by atoms with van der Waals surface area (Å²) in [6, 6.07) is 0.121. The summed E-state index contributed by atoms with van der Waals surface area (Å²) in [7, 11) is 0. The van der Waals surface area contributed by atoms with Gasteiger partial charge in [-0.3, -0.25) is 0 Å². The molecule has 1 rings (SSSR count). The minimum atomic E-state index is 0.121. The lowest BCUT2D eigenvalue weighted by atomic mass is 9.85. The van der Waals surface area contributed by atoms with Crippen molar-refractivity contribution < 1.29 is 4.74 Å². The van der Waals surface area contributed by atoms with Crippen molar-refractivity contribution >= 4 is 0 Å². The number of rotatable bonds is 3.